The first-order chi connectivity index (χ1) is 16.2. The van der Waals surface area contributed by atoms with Crippen molar-refractivity contribution in [1.29, 1.82) is 0 Å². The van der Waals surface area contributed by atoms with Gasteiger partial charge in [-0.25, -0.2) is 9.98 Å². The van der Waals surface area contributed by atoms with Crippen LogP contribution in [0.5, 0.6) is 17.4 Å². The lowest BCUT2D eigenvalue weighted by molar-refractivity contribution is 0.138. The van der Waals surface area contributed by atoms with Crippen molar-refractivity contribution in [3.05, 3.63) is 59.2 Å². The number of ether oxygens (including phenoxy) is 2. The van der Waals surface area contributed by atoms with E-state index < -0.39 is 0 Å². The van der Waals surface area contributed by atoms with Crippen LogP contribution in [-0.2, 0) is 4.74 Å². The monoisotopic (exact) mass is 458 g/mol. The van der Waals surface area contributed by atoms with E-state index >= 15 is 0 Å². The Morgan fingerprint density at radius 1 is 1.12 bits per heavy atom. The molecule has 0 bridgehead atoms. The number of aryl methyl sites for hydroxylation is 1. The van der Waals surface area contributed by atoms with Gasteiger partial charge < -0.3 is 14.6 Å². The highest BCUT2D eigenvalue weighted by molar-refractivity contribution is 5.96. The molecule has 1 aromatic heterocycles. The molecule has 2 aliphatic rings. The largest absolute Gasteiger partial charge is 0.506 e. The summed E-state index contributed by atoms with van der Waals surface area (Å²) in [6.07, 6.45) is 4.67. The van der Waals surface area contributed by atoms with Crippen molar-refractivity contribution in [2.75, 3.05) is 0 Å². The van der Waals surface area contributed by atoms with Gasteiger partial charge in [0.05, 0.1) is 6.04 Å². The summed E-state index contributed by atoms with van der Waals surface area (Å²) in [5.74, 6) is 2.34. The van der Waals surface area contributed by atoms with Crippen LogP contribution in [0.15, 0.2) is 47.5 Å². The Labute approximate surface area is 201 Å². The molecule has 0 radical (unpaired) electrons. The Bertz CT molecular complexity index is 1260. The average molecular weight is 459 g/mol. The number of phenols is 1. The smallest absolute Gasteiger partial charge is 0.219 e. The third kappa shape index (κ3) is 4.61. The van der Waals surface area contributed by atoms with E-state index in [1.54, 1.807) is 6.07 Å². The Morgan fingerprint density at radius 3 is 2.74 bits per heavy atom. The second-order valence-corrected chi connectivity index (χ2v) is 11.0. The second-order valence-electron chi connectivity index (χ2n) is 11.0. The Morgan fingerprint density at radius 2 is 1.94 bits per heavy atom. The van der Waals surface area contributed by atoms with Gasteiger partial charge in [-0.15, -0.1) is 0 Å². The van der Waals surface area contributed by atoms with Crippen molar-refractivity contribution < 1.29 is 14.6 Å². The molecule has 2 aromatic carbocycles. The first-order valence-corrected chi connectivity index (χ1v) is 12.3. The normalized spacial score (nSPS) is 21.6. The van der Waals surface area contributed by atoms with Gasteiger partial charge >= 0.3 is 0 Å². The number of hydrogen-bond donors (Lipinski definition) is 1. The molecule has 178 valence electrons. The van der Waals surface area contributed by atoms with Crippen LogP contribution in [0.3, 0.4) is 0 Å². The number of nitrogens with zero attached hydrogens (tertiary/aromatic N) is 2. The van der Waals surface area contributed by atoms with Crippen LogP contribution in [-0.4, -0.2) is 28.1 Å². The van der Waals surface area contributed by atoms with E-state index in [2.05, 4.69) is 38.7 Å². The van der Waals surface area contributed by atoms with Crippen LogP contribution < -0.4 is 4.74 Å². The third-order valence-electron chi connectivity index (χ3n) is 7.04. The number of aromatic nitrogens is 1. The predicted molar refractivity (Wildman–Crippen MR) is 136 cm³/mol. The molecule has 3 aromatic rings. The maximum Gasteiger partial charge on any atom is 0.219 e. The van der Waals surface area contributed by atoms with Gasteiger partial charge in [0.15, 0.2) is 0 Å². The van der Waals surface area contributed by atoms with Crippen LogP contribution in [0.4, 0.5) is 0 Å². The van der Waals surface area contributed by atoms with Gasteiger partial charge in [0.25, 0.3) is 0 Å². The summed E-state index contributed by atoms with van der Waals surface area (Å²) >= 11 is 0. The molecule has 5 nitrogen and oxygen atoms in total. The highest BCUT2D eigenvalue weighted by Gasteiger charge is 2.38. The Hall–Kier alpha value is -3.08. The van der Waals surface area contributed by atoms with Gasteiger partial charge in [-0.2, -0.15) is 0 Å². The quantitative estimate of drug-likeness (QED) is 0.446. The van der Waals surface area contributed by atoms with E-state index in [0.29, 0.717) is 23.1 Å². The van der Waals surface area contributed by atoms with Gasteiger partial charge in [-0.05, 0) is 85.0 Å². The van der Waals surface area contributed by atoms with Crippen LogP contribution >= 0.6 is 0 Å². The van der Waals surface area contributed by atoms with Crippen LogP contribution in [0, 0.1) is 12.3 Å². The first-order valence-electron chi connectivity index (χ1n) is 12.3. The molecule has 1 fully saturated rings. The van der Waals surface area contributed by atoms with Gasteiger partial charge in [-0.3, -0.25) is 0 Å². The number of phenolic OH excluding ortho intramolecular Hbond substituents is 1. The maximum absolute atomic E-state index is 10.4. The lowest BCUT2D eigenvalue weighted by Gasteiger charge is -2.25. The topological polar surface area (TPSA) is 63.9 Å². The average Bonchev–Trinajstić information content (AvgIpc) is 3.09. The highest BCUT2D eigenvalue weighted by atomic mass is 16.5. The fraction of sp³-hybridized carbons (Fsp3) is 0.448. The Kier molecular flexibility index (Phi) is 5.75. The van der Waals surface area contributed by atoms with Crippen LogP contribution in [0.2, 0.25) is 0 Å². The fourth-order valence-electron chi connectivity index (χ4n) is 5.15. The summed E-state index contributed by atoms with van der Waals surface area (Å²) in [4.78, 5) is 9.57. The first kappa shape index (κ1) is 22.7. The predicted octanol–water partition coefficient (Wildman–Crippen LogP) is 7.28. The number of benzene rings is 2. The van der Waals surface area contributed by atoms with E-state index in [-0.39, 0.29) is 23.3 Å². The molecular formula is C29H34N2O3. The number of fused-ring (bicyclic) bond motifs is 2. The SMILES string of the molecule is Cc1cc(O)c2nc(Oc3cc(C4=N[C@H]5CCCC(C)(C)C[C@H]5O4)cc(C(C)C)c3)ccc2c1. The van der Waals surface area contributed by atoms with E-state index in [4.69, 9.17) is 14.5 Å². The van der Waals surface area contributed by atoms with Crippen molar-refractivity contribution in [1.82, 2.24) is 4.98 Å². The van der Waals surface area contributed by atoms with Gasteiger partial charge in [0.1, 0.15) is 23.1 Å². The molecule has 5 heteroatoms. The van der Waals surface area contributed by atoms with Crippen molar-refractivity contribution in [2.24, 2.45) is 10.4 Å². The van der Waals surface area contributed by atoms with E-state index in [1.165, 1.54) is 12.8 Å². The highest BCUT2D eigenvalue weighted by Crippen LogP contribution is 2.39. The van der Waals surface area contributed by atoms with Crippen molar-refractivity contribution in [3.8, 4) is 17.4 Å². The lowest BCUT2D eigenvalue weighted by Crippen LogP contribution is -2.26. The fourth-order valence-corrected chi connectivity index (χ4v) is 5.15. The van der Waals surface area contributed by atoms with Crippen LogP contribution in [0.25, 0.3) is 10.9 Å². The van der Waals surface area contributed by atoms with Crippen molar-refractivity contribution in [3.63, 3.8) is 0 Å². The third-order valence-corrected chi connectivity index (χ3v) is 7.04. The molecule has 0 spiro atoms. The van der Waals surface area contributed by atoms with Gasteiger partial charge in [-0.1, -0.05) is 34.1 Å². The van der Waals surface area contributed by atoms with Crippen molar-refractivity contribution in [2.45, 2.75) is 78.4 Å². The number of aliphatic imine (C=N–C) groups is 1. The minimum absolute atomic E-state index is 0.146. The molecule has 2 atom stereocenters. The molecule has 34 heavy (non-hydrogen) atoms. The Balaban J connectivity index is 1.46. The van der Waals surface area contributed by atoms with Gasteiger partial charge in [0, 0.05) is 17.0 Å². The zero-order valence-corrected chi connectivity index (χ0v) is 20.8. The molecule has 2 heterocycles. The standard InChI is InChI=1S/C29H34N2O3/c1-17(2)20-13-21(28-30-23-7-6-10-29(4,5)16-25(23)34-28)15-22(14-20)33-26-9-8-19-11-18(3)12-24(32)27(19)31-26/h8-9,11-15,17,23,25,32H,6-7,10,16H2,1-5H3/t23-,25+/m0/s1. The second kappa shape index (κ2) is 8.61. The summed E-state index contributed by atoms with van der Waals surface area (Å²) in [5.41, 5.74) is 3.92. The number of aromatic hydroxyl groups is 1. The molecule has 1 N–H and O–H groups in total. The van der Waals surface area contributed by atoms with Crippen molar-refractivity contribution >= 4 is 16.8 Å². The minimum atomic E-state index is 0.146. The molecule has 0 saturated heterocycles. The summed E-state index contributed by atoms with van der Waals surface area (Å²) in [5, 5.41) is 11.2. The summed E-state index contributed by atoms with van der Waals surface area (Å²) in [7, 11) is 0. The van der Waals surface area contributed by atoms with E-state index in [9.17, 15) is 5.11 Å². The van der Waals surface area contributed by atoms with Gasteiger partial charge in [0.2, 0.25) is 11.8 Å². The maximum atomic E-state index is 10.4. The zero-order valence-electron chi connectivity index (χ0n) is 20.8. The van der Waals surface area contributed by atoms with Crippen LogP contribution in [0.1, 0.15) is 76.0 Å². The summed E-state index contributed by atoms with van der Waals surface area (Å²) < 4.78 is 12.6. The number of hydrogen-bond acceptors (Lipinski definition) is 5. The molecule has 1 aliphatic carbocycles. The minimum Gasteiger partial charge on any atom is -0.506 e. The van der Waals surface area contributed by atoms with E-state index in [0.717, 1.165) is 40.8 Å². The molecule has 5 rings (SSSR count). The summed E-state index contributed by atoms with van der Waals surface area (Å²) in [6.45, 7) is 11.0. The van der Waals surface area contributed by atoms with E-state index in [1.807, 2.05) is 37.3 Å². The zero-order chi connectivity index (χ0) is 24.0. The number of rotatable bonds is 4. The molecule has 1 aliphatic heterocycles. The molecular weight excluding hydrogens is 424 g/mol. The molecule has 0 amide bonds. The molecule has 0 unspecified atom stereocenters. The number of pyridine rings is 1. The molecule has 1 saturated carbocycles. The summed E-state index contributed by atoms with van der Waals surface area (Å²) in [6, 6.07) is 13.9. The lowest BCUT2D eigenvalue weighted by atomic mass is 9.84.